The van der Waals surface area contributed by atoms with Crippen LogP contribution in [0.1, 0.15) is 20.7 Å². The molecule has 7 heteroatoms. The summed E-state index contributed by atoms with van der Waals surface area (Å²) in [4.78, 5) is 28.8. The zero-order valence-electron chi connectivity index (χ0n) is 14.3. The van der Waals surface area contributed by atoms with E-state index in [4.69, 9.17) is 0 Å². The molecule has 0 radical (unpaired) electrons. The van der Waals surface area contributed by atoms with Crippen molar-refractivity contribution in [2.24, 2.45) is 0 Å². The number of hydrogen-bond acceptors (Lipinski definition) is 3. The van der Waals surface area contributed by atoms with E-state index in [1.54, 1.807) is 21.1 Å². The average molecular weight is 447 g/mol. The predicted octanol–water partition coefficient (Wildman–Crippen LogP) is 4.40. The lowest BCUT2D eigenvalue weighted by atomic mass is 10.1. The van der Waals surface area contributed by atoms with Crippen LogP contribution in [-0.4, -0.2) is 47.8 Å². The first-order chi connectivity index (χ1) is 13.0. The van der Waals surface area contributed by atoms with Gasteiger partial charge in [0.1, 0.15) is 5.82 Å². The Bertz CT molecular complexity index is 1010. The van der Waals surface area contributed by atoms with Crippen molar-refractivity contribution in [1.82, 2.24) is 9.80 Å². The summed E-state index contributed by atoms with van der Waals surface area (Å²) in [5.41, 5.74) is 1.11. The maximum absolute atomic E-state index is 13.0. The molecule has 4 rings (SSSR count). The molecular formula is C20H16BrFN2O2S. The quantitative estimate of drug-likeness (QED) is 0.585. The molecule has 1 aromatic heterocycles. The minimum Gasteiger partial charge on any atom is -0.335 e. The van der Waals surface area contributed by atoms with Crippen LogP contribution in [0.5, 0.6) is 0 Å². The van der Waals surface area contributed by atoms with E-state index in [1.807, 2.05) is 23.6 Å². The zero-order chi connectivity index (χ0) is 19.0. The van der Waals surface area contributed by atoms with Crippen LogP contribution in [-0.2, 0) is 0 Å². The van der Waals surface area contributed by atoms with Crippen molar-refractivity contribution in [3.8, 4) is 0 Å². The number of rotatable bonds is 2. The number of thiophene rings is 1. The molecule has 0 saturated carbocycles. The normalized spacial score (nSPS) is 14.6. The van der Waals surface area contributed by atoms with Gasteiger partial charge >= 0.3 is 0 Å². The van der Waals surface area contributed by atoms with Crippen LogP contribution in [0, 0.1) is 5.82 Å². The van der Waals surface area contributed by atoms with Crippen molar-refractivity contribution in [2.75, 3.05) is 26.2 Å². The summed E-state index contributed by atoms with van der Waals surface area (Å²) in [7, 11) is 0. The highest BCUT2D eigenvalue weighted by atomic mass is 79.9. The standard InChI is InChI=1S/C20H16BrFN2O2S/c21-17-12-27-18-6-3-14(11-16(17)18)20(26)24-9-7-23(8-10-24)19(25)13-1-4-15(22)5-2-13/h1-6,11-12H,7-10H2. The highest BCUT2D eigenvalue weighted by Crippen LogP contribution is 2.31. The summed E-state index contributed by atoms with van der Waals surface area (Å²) in [6, 6.07) is 11.3. The molecule has 2 heterocycles. The van der Waals surface area contributed by atoms with Crippen LogP contribution in [0.25, 0.3) is 10.1 Å². The minimum absolute atomic E-state index is 0.0242. The van der Waals surface area contributed by atoms with Gasteiger partial charge in [0.2, 0.25) is 0 Å². The molecule has 0 N–H and O–H groups in total. The number of benzene rings is 2. The second-order valence-electron chi connectivity index (χ2n) is 6.39. The molecule has 0 aliphatic carbocycles. The number of carbonyl (C=O) groups excluding carboxylic acids is 2. The van der Waals surface area contributed by atoms with E-state index in [-0.39, 0.29) is 17.6 Å². The summed E-state index contributed by atoms with van der Waals surface area (Å²) < 4.78 is 15.1. The molecule has 1 fully saturated rings. The Labute approximate surface area is 168 Å². The summed E-state index contributed by atoms with van der Waals surface area (Å²) >= 11 is 5.15. The van der Waals surface area contributed by atoms with Gasteiger partial charge in [0.15, 0.2) is 0 Å². The van der Waals surface area contributed by atoms with Gasteiger partial charge in [-0.25, -0.2) is 4.39 Å². The topological polar surface area (TPSA) is 40.6 Å². The SMILES string of the molecule is O=C(c1ccc(F)cc1)N1CCN(C(=O)c2ccc3scc(Br)c3c2)CC1. The van der Waals surface area contributed by atoms with Crippen molar-refractivity contribution in [1.29, 1.82) is 0 Å². The predicted molar refractivity (Wildman–Crippen MR) is 108 cm³/mol. The molecule has 1 aliphatic rings. The summed E-state index contributed by atoms with van der Waals surface area (Å²) in [6.45, 7) is 1.89. The molecule has 0 bridgehead atoms. The molecular weight excluding hydrogens is 431 g/mol. The van der Waals surface area contributed by atoms with Gasteiger partial charge in [0.05, 0.1) is 0 Å². The van der Waals surface area contributed by atoms with Gasteiger partial charge in [-0.3, -0.25) is 9.59 Å². The first-order valence-electron chi connectivity index (χ1n) is 8.54. The van der Waals surface area contributed by atoms with Gasteiger partial charge in [-0.1, -0.05) is 0 Å². The molecule has 2 aromatic carbocycles. The molecule has 2 amide bonds. The van der Waals surface area contributed by atoms with Crippen LogP contribution in [0.4, 0.5) is 4.39 Å². The molecule has 138 valence electrons. The lowest BCUT2D eigenvalue weighted by Crippen LogP contribution is -2.50. The van der Waals surface area contributed by atoms with Crippen molar-refractivity contribution in [3.05, 3.63) is 69.3 Å². The van der Waals surface area contributed by atoms with E-state index >= 15 is 0 Å². The largest absolute Gasteiger partial charge is 0.335 e. The van der Waals surface area contributed by atoms with Crippen molar-refractivity contribution >= 4 is 49.2 Å². The number of nitrogens with zero attached hydrogens (tertiary/aromatic N) is 2. The van der Waals surface area contributed by atoms with Crippen LogP contribution in [0.15, 0.2) is 52.3 Å². The zero-order valence-corrected chi connectivity index (χ0v) is 16.7. The Balaban J connectivity index is 1.43. The molecule has 27 heavy (non-hydrogen) atoms. The molecule has 0 spiro atoms. The Morgan fingerprint density at radius 3 is 2.07 bits per heavy atom. The highest BCUT2D eigenvalue weighted by molar-refractivity contribution is 9.10. The average Bonchev–Trinajstić information content (AvgIpc) is 3.08. The fraction of sp³-hybridized carbons (Fsp3) is 0.200. The van der Waals surface area contributed by atoms with Gasteiger partial charge < -0.3 is 9.80 Å². The summed E-state index contributed by atoms with van der Waals surface area (Å²) in [5, 5.41) is 3.05. The number of piperazine rings is 1. The minimum atomic E-state index is -0.365. The van der Waals surface area contributed by atoms with E-state index < -0.39 is 0 Å². The van der Waals surface area contributed by atoms with Crippen molar-refractivity contribution < 1.29 is 14.0 Å². The third-order valence-electron chi connectivity index (χ3n) is 4.72. The fourth-order valence-electron chi connectivity index (χ4n) is 3.20. The van der Waals surface area contributed by atoms with E-state index in [0.29, 0.717) is 37.3 Å². The molecule has 4 nitrogen and oxygen atoms in total. The first-order valence-corrected chi connectivity index (χ1v) is 10.2. The summed E-state index contributed by atoms with van der Waals surface area (Å²) in [5.74, 6) is -0.522. The van der Waals surface area contributed by atoms with E-state index in [2.05, 4.69) is 15.9 Å². The monoisotopic (exact) mass is 446 g/mol. The van der Waals surface area contributed by atoms with E-state index in [1.165, 1.54) is 24.3 Å². The molecule has 1 saturated heterocycles. The van der Waals surface area contributed by atoms with Gasteiger partial charge in [-0.2, -0.15) is 0 Å². The number of hydrogen-bond donors (Lipinski definition) is 0. The fourth-order valence-corrected chi connectivity index (χ4v) is 4.74. The molecule has 0 unspecified atom stereocenters. The second-order valence-corrected chi connectivity index (χ2v) is 8.15. The highest BCUT2D eigenvalue weighted by Gasteiger charge is 2.25. The number of fused-ring (bicyclic) bond motifs is 1. The number of carbonyl (C=O) groups is 2. The van der Waals surface area contributed by atoms with Gasteiger partial charge in [0, 0.05) is 57.2 Å². The van der Waals surface area contributed by atoms with Gasteiger partial charge in [0.25, 0.3) is 11.8 Å². The third-order valence-corrected chi connectivity index (χ3v) is 6.64. The first kappa shape index (κ1) is 18.1. The molecule has 3 aromatic rings. The maximum Gasteiger partial charge on any atom is 0.253 e. The van der Waals surface area contributed by atoms with Crippen molar-refractivity contribution in [3.63, 3.8) is 0 Å². The Kier molecular flexibility index (Phi) is 4.97. The van der Waals surface area contributed by atoms with Gasteiger partial charge in [-0.15, -0.1) is 11.3 Å². The van der Waals surface area contributed by atoms with Crippen molar-refractivity contribution in [2.45, 2.75) is 0 Å². The smallest absolute Gasteiger partial charge is 0.253 e. The number of amides is 2. The molecule has 1 aliphatic heterocycles. The second kappa shape index (κ2) is 7.40. The maximum atomic E-state index is 13.0. The number of halogens is 2. The van der Waals surface area contributed by atoms with Crippen LogP contribution >= 0.6 is 27.3 Å². The summed E-state index contributed by atoms with van der Waals surface area (Å²) in [6.07, 6.45) is 0. The van der Waals surface area contributed by atoms with E-state index in [0.717, 1.165) is 14.6 Å². The van der Waals surface area contributed by atoms with E-state index in [9.17, 15) is 14.0 Å². The molecule has 0 atom stereocenters. The lowest BCUT2D eigenvalue weighted by Gasteiger charge is -2.35. The van der Waals surface area contributed by atoms with Gasteiger partial charge in [-0.05, 0) is 58.4 Å². The van der Waals surface area contributed by atoms with Crippen LogP contribution < -0.4 is 0 Å². The van der Waals surface area contributed by atoms with Crippen LogP contribution in [0.2, 0.25) is 0 Å². The Morgan fingerprint density at radius 2 is 1.44 bits per heavy atom. The Morgan fingerprint density at radius 1 is 0.889 bits per heavy atom. The van der Waals surface area contributed by atoms with Crippen LogP contribution in [0.3, 0.4) is 0 Å². The Hall–Kier alpha value is -2.25. The lowest BCUT2D eigenvalue weighted by molar-refractivity contribution is 0.0535. The third kappa shape index (κ3) is 3.61.